The Morgan fingerprint density at radius 2 is 1.57 bits per heavy atom. The second-order valence-electron chi connectivity index (χ2n) is 8.08. The molecule has 0 saturated heterocycles. The Morgan fingerprint density at radius 3 is 1.91 bits per heavy atom. The van der Waals surface area contributed by atoms with Crippen molar-refractivity contribution in [3.05, 3.63) is 23.3 Å². The Hall–Kier alpha value is -0.383. The van der Waals surface area contributed by atoms with Gasteiger partial charge in [-0.3, -0.25) is 0 Å². The smallest absolute Gasteiger partial charge is 0.192 e. The highest BCUT2D eigenvalue weighted by Gasteiger charge is 2.34. The Morgan fingerprint density at radius 1 is 1.09 bits per heavy atom. The lowest BCUT2D eigenvalue weighted by Crippen LogP contribution is -2.43. The molecule has 0 saturated carbocycles. The van der Waals surface area contributed by atoms with E-state index in [9.17, 15) is 5.11 Å². The molecule has 136 valence electrons. The summed E-state index contributed by atoms with van der Waals surface area (Å²) in [5.41, 5.74) is 2.68. The highest BCUT2D eigenvalue weighted by molar-refractivity contribution is 6.73. The summed E-state index contributed by atoms with van der Waals surface area (Å²) >= 11 is 0. The number of rotatable bonds is 9. The first kappa shape index (κ1) is 22.6. The second-order valence-corrected chi connectivity index (χ2v) is 12.8. The molecule has 0 bridgehead atoms. The van der Waals surface area contributed by atoms with E-state index in [0.29, 0.717) is 0 Å². The SMILES string of the molecule is CC[Si](CC)(CC)O[C@@H](/C(C)=C/C(C)=C/C(C)(C)C)[C@H](C)CO. The second kappa shape index (κ2) is 9.80. The monoisotopic (exact) mass is 340 g/mol. The molecule has 0 amide bonds. The van der Waals surface area contributed by atoms with Gasteiger partial charge in [-0.2, -0.15) is 0 Å². The van der Waals surface area contributed by atoms with Crippen LogP contribution >= 0.6 is 0 Å². The van der Waals surface area contributed by atoms with Gasteiger partial charge in [-0.1, -0.05) is 66.2 Å². The lowest BCUT2D eigenvalue weighted by Gasteiger charge is -2.36. The van der Waals surface area contributed by atoms with Crippen molar-refractivity contribution in [3.63, 3.8) is 0 Å². The van der Waals surface area contributed by atoms with Gasteiger partial charge in [0.15, 0.2) is 8.32 Å². The first-order valence-electron chi connectivity index (χ1n) is 9.20. The Kier molecular flexibility index (Phi) is 9.64. The largest absolute Gasteiger partial charge is 0.410 e. The molecule has 0 aliphatic rings. The van der Waals surface area contributed by atoms with Crippen molar-refractivity contribution in [1.29, 1.82) is 0 Å². The summed E-state index contributed by atoms with van der Waals surface area (Å²) in [5, 5.41) is 9.68. The fraction of sp³-hybridized carbons (Fsp3) is 0.800. The van der Waals surface area contributed by atoms with Crippen LogP contribution in [0.4, 0.5) is 0 Å². The van der Waals surface area contributed by atoms with Crippen molar-refractivity contribution in [3.8, 4) is 0 Å². The molecule has 0 aromatic rings. The fourth-order valence-electron chi connectivity index (χ4n) is 3.19. The van der Waals surface area contributed by atoms with Crippen LogP contribution in [0.2, 0.25) is 18.1 Å². The molecule has 2 nitrogen and oxygen atoms in total. The maximum absolute atomic E-state index is 9.68. The highest BCUT2D eigenvalue weighted by atomic mass is 28.4. The number of hydrogen-bond donors (Lipinski definition) is 1. The quantitative estimate of drug-likeness (QED) is 0.415. The number of hydrogen-bond acceptors (Lipinski definition) is 2. The van der Waals surface area contributed by atoms with Crippen LogP contribution in [-0.2, 0) is 4.43 Å². The molecular weight excluding hydrogens is 300 g/mol. The first-order valence-corrected chi connectivity index (χ1v) is 11.7. The summed E-state index contributed by atoms with van der Waals surface area (Å²) in [6, 6.07) is 3.41. The van der Waals surface area contributed by atoms with Gasteiger partial charge in [0, 0.05) is 12.5 Å². The molecule has 1 N–H and O–H groups in total. The van der Waals surface area contributed by atoms with Crippen molar-refractivity contribution < 1.29 is 9.53 Å². The highest BCUT2D eigenvalue weighted by Crippen LogP contribution is 2.29. The first-order chi connectivity index (χ1) is 10.5. The van der Waals surface area contributed by atoms with Gasteiger partial charge >= 0.3 is 0 Å². The molecular formula is C20H40O2Si. The maximum Gasteiger partial charge on any atom is 0.192 e. The van der Waals surface area contributed by atoms with Gasteiger partial charge in [-0.25, -0.2) is 0 Å². The molecule has 0 heterocycles. The zero-order chi connectivity index (χ0) is 18.3. The summed E-state index contributed by atoms with van der Waals surface area (Å²) in [6.45, 7) is 20.0. The third kappa shape index (κ3) is 7.82. The predicted molar refractivity (Wildman–Crippen MR) is 105 cm³/mol. The Bertz CT molecular complexity index is 392. The summed E-state index contributed by atoms with van der Waals surface area (Å²) in [5.74, 6) is 0.130. The van der Waals surface area contributed by atoms with Crippen molar-refractivity contribution in [2.45, 2.75) is 86.5 Å². The zero-order valence-electron chi connectivity index (χ0n) is 17.0. The van der Waals surface area contributed by atoms with Crippen molar-refractivity contribution in [2.24, 2.45) is 11.3 Å². The topological polar surface area (TPSA) is 29.5 Å². The third-order valence-corrected chi connectivity index (χ3v) is 9.30. The maximum atomic E-state index is 9.68. The number of aliphatic hydroxyl groups excluding tert-OH is 1. The summed E-state index contributed by atoms with van der Waals surface area (Å²) in [7, 11) is -1.69. The van der Waals surface area contributed by atoms with Gasteiger partial charge in [0.2, 0.25) is 0 Å². The number of allylic oxidation sites excluding steroid dienone is 3. The van der Waals surface area contributed by atoms with Gasteiger partial charge in [0.05, 0.1) is 6.10 Å². The molecule has 0 fully saturated rings. The molecule has 3 heteroatoms. The van der Waals surface area contributed by atoms with Crippen LogP contribution in [0.1, 0.15) is 62.3 Å². The standard InChI is InChI=1S/C20H40O2Si/c1-10-23(11-2,12-3)22-19(18(6)15-21)17(5)13-16(4)14-20(7,8)9/h13-14,18-19,21H,10-12,15H2,1-9H3/b16-14+,17-13+/t18-,19+/m1/s1. The normalized spacial score (nSPS) is 17.3. The van der Waals surface area contributed by atoms with E-state index in [1.807, 2.05) is 0 Å². The van der Waals surface area contributed by atoms with E-state index in [1.54, 1.807) is 0 Å². The van der Waals surface area contributed by atoms with Crippen molar-refractivity contribution in [2.75, 3.05) is 6.61 Å². The van der Waals surface area contributed by atoms with E-state index >= 15 is 0 Å². The minimum atomic E-state index is -1.69. The molecule has 2 atom stereocenters. The Labute approximate surface area is 146 Å². The summed E-state index contributed by atoms with van der Waals surface area (Å²) in [4.78, 5) is 0. The molecule has 0 spiro atoms. The van der Waals surface area contributed by atoms with Crippen LogP contribution < -0.4 is 0 Å². The van der Waals surface area contributed by atoms with Crippen molar-refractivity contribution in [1.82, 2.24) is 0 Å². The van der Waals surface area contributed by atoms with Crippen molar-refractivity contribution >= 4 is 8.32 Å². The average Bonchev–Trinajstić information content (AvgIpc) is 2.46. The lowest BCUT2D eigenvalue weighted by molar-refractivity contribution is 0.112. The lowest BCUT2D eigenvalue weighted by atomic mass is 9.92. The third-order valence-electron chi connectivity index (χ3n) is 4.68. The van der Waals surface area contributed by atoms with Crippen LogP contribution in [0.5, 0.6) is 0 Å². The summed E-state index contributed by atoms with van der Waals surface area (Å²) < 4.78 is 6.71. The zero-order valence-corrected chi connectivity index (χ0v) is 18.0. The van der Waals surface area contributed by atoms with E-state index in [-0.39, 0.29) is 24.0 Å². The van der Waals surface area contributed by atoms with Crippen LogP contribution in [0.15, 0.2) is 23.3 Å². The van der Waals surface area contributed by atoms with Crippen LogP contribution in [-0.4, -0.2) is 26.1 Å². The van der Waals surface area contributed by atoms with Crippen LogP contribution in [0, 0.1) is 11.3 Å². The van der Waals surface area contributed by atoms with Gasteiger partial charge in [0.25, 0.3) is 0 Å². The molecule has 0 rings (SSSR count). The fourth-order valence-corrected chi connectivity index (χ4v) is 6.15. The van der Waals surface area contributed by atoms with E-state index in [1.165, 1.54) is 11.1 Å². The minimum absolute atomic E-state index is 0.0230. The van der Waals surface area contributed by atoms with E-state index < -0.39 is 8.32 Å². The molecule has 0 aromatic carbocycles. The molecule has 23 heavy (non-hydrogen) atoms. The van der Waals surface area contributed by atoms with Crippen LogP contribution in [0.3, 0.4) is 0 Å². The molecule has 0 aliphatic carbocycles. The van der Waals surface area contributed by atoms with E-state index in [0.717, 1.165) is 18.1 Å². The van der Waals surface area contributed by atoms with Gasteiger partial charge < -0.3 is 9.53 Å². The molecule has 0 aromatic heterocycles. The molecule has 0 aliphatic heterocycles. The van der Waals surface area contributed by atoms with Gasteiger partial charge in [-0.05, 0) is 43.0 Å². The molecule has 0 unspecified atom stereocenters. The van der Waals surface area contributed by atoms with Crippen LogP contribution in [0.25, 0.3) is 0 Å². The minimum Gasteiger partial charge on any atom is -0.410 e. The van der Waals surface area contributed by atoms with E-state index in [2.05, 4.69) is 74.5 Å². The Balaban J connectivity index is 5.52. The average molecular weight is 341 g/mol. The number of aliphatic hydroxyl groups is 1. The summed E-state index contributed by atoms with van der Waals surface area (Å²) in [6.07, 6.45) is 4.55. The van der Waals surface area contributed by atoms with Gasteiger partial charge in [0.1, 0.15) is 0 Å². The molecule has 0 radical (unpaired) electrons. The van der Waals surface area contributed by atoms with E-state index in [4.69, 9.17) is 4.43 Å². The predicted octanol–water partition coefficient (Wildman–Crippen LogP) is 5.94. The van der Waals surface area contributed by atoms with Gasteiger partial charge in [-0.15, -0.1) is 0 Å².